The number of aryl methyl sites for hydroxylation is 1. The molecule has 3 heterocycles. The largest absolute Gasteiger partial charge is 0.507 e. The fraction of sp³-hybridized carbons (Fsp3) is 0.227. The summed E-state index contributed by atoms with van der Waals surface area (Å²) >= 11 is 1.45. The van der Waals surface area contributed by atoms with Gasteiger partial charge in [-0.25, -0.2) is 4.98 Å². The first-order chi connectivity index (χ1) is 14.6. The highest BCUT2D eigenvalue weighted by Crippen LogP contribution is 2.41. The number of ketones is 1. The number of aromatic nitrogens is 2. The lowest BCUT2D eigenvalue weighted by molar-refractivity contribution is -0.139. The molecule has 4 rings (SSSR count). The fourth-order valence-electron chi connectivity index (χ4n) is 3.62. The van der Waals surface area contributed by atoms with Crippen LogP contribution < -0.4 is 4.74 Å². The fourth-order valence-corrected chi connectivity index (χ4v) is 4.47. The molecule has 1 saturated heterocycles. The van der Waals surface area contributed by atoms with Crippen LogP contribution in [0.3, 0.4) is 0 Å². The van der Waals surface area contributed by atoms with E-state index in [1.54, 1.807) is 41.7 Å². The third-order valence-corrected chi connectivity index (χ3v) is 6.00. The molecule has 0 radical (unpaired) electrons. The van der Waals surface area contributed by atoms with Crippen LogP contribution >= 0.6 is 11.3 Å². The Labute approximate surface area is 177 Å². The molecule has 0 bridgehead atoms. The molecule has 1 unspecified atom stereocenters. The van der Waals surface area contributed by atoms with E-state index >= 15 is 0 Å². The number of nitrogens with zero attached hydrogens (tertiary/aromatic N) is 3. The zero-order valence-electron chi connectivity index (χ0n) is 16.4. The smallest absolute Gasteiger partial charge is 0.295 e. The zero-order valence-corrected chi connectivity index (χ0v) is 17.2. The summed E-state index contributed by atoms with van der Waals surface area (Å²) in [6.07, 6.45) is 5.93. The Morgan fingerprint density at radius 2 is 2.10 bits per heavy atom. The number of Topliss-reactive ketones (excluding diaryl/α,β-unsaturated/α-hetero) is 1. The van der Waals surface area contributed by atoms with Gasteiger partial charge in [0.2, 0.25) is 0 Å². The Morgan fingerprint density at radius 3 is 2.80 bits per heavy atom. The lowest BCUT2D eigenvalue weighted by atomic mass is 9.99. The lowest BCUT2D eigenvalue weighted by Gasteiger charge is -2.24. The highest BCUT2D eigenvalue weighted by atomic mass is 32.1. The second kappa shape index (κ2) is 8.54. The van der Waals surface area contributed by atoms with Crippen molar-refractivity contribution in [3.8, 4) is 5.75 Å². The van der Waals surface area contributed by atoms with Gasteiger partial charge >= 0.3 is 0 Å². The van der Waals surface area contributed by atoms with E-state index in [-0.39, 0.29) is 11.3 Å². The van der Waals surface area contributed by atoms with Gasteiger partial charge in [0, 0.05) is 35.9 Å². The molecule has 7 nitrogen and oxygen atoms in total. The molecule has 8 heteroatoms. The number of aliphatic hydroxyl groups is 1. The van der Waals surface area contributed by atoms with E-state index in [9.17, 15) is 14.7 Å². The number of carbonyl (C=O) groups is 2. The van der Waals surface area contributed by atoms with Crippen LogP contribution in [0.2, 0.25) is 0 Å². The maximum Gasteiger partial charge on any atom is 0.295 e. The molecule has 1 aliphatic heterocycles. The monoisotopic (exact) mass is 423 g/mol. The van der Waals surface area contributed by atoms with Crippen molar-refractivity contribution in [3.05, 3.63) is 76.5 Å². The lowest BCUT2D eigenvalue weighted by Crippen LogP contribution is -2.31. The van der Waals surface area contributed by atoms with Crippen molar-refractivity contribution in [2.24, 2.45) is 0 Å². The molecule has 154 valence electrons. The minimum Gasteiger partial charge on any atom is -0.507 e. The van der Waals surface area contributed by atoms with Crippen LogP contribution in [0, 0.1) is 0 Å². The van der Waals surface area contributed by atoms with E-state index in [0.29, 0.717) is 30.8 Å². The number of aliphatic hydroxyl groups excluding tert-OH is 1. The number of likely N-dealkylation sites (tertiary alicyclic amines) is 1. The second-order valence-electron chi connectivity index (χ2n) is 6.89. The van der Waals surface area contributed by atoms with Crippen LogP contribution in [0.1, 0.15) is 22.9 Å². The van der Waals surface area contributed by atoms with Gasteiger partial charge in [-0.2, -0.15) is 0 Å². The van der Waals surface area contributed by atoms with E-state index in [2.05, 4.69) is 4.98 Å². The number of thiophene rings is 1. The first-order valence-electron chi connectivity index (χ1n) is 9.52. The summed E-state index contributed by atoms with van der Waals surface area (Å²) in [5.74, 6) is -0.899. The first-order valence-corrected chi connectivity index (χ1v) is 10.4. The number of carbonyl (C=O) groups excluding carboxylic acids is 2. The minimum atomic E-state index is -0.670. The van der Waals surface area contributed by atoms with Crippen molar-refractivity contribution in [3.63, 3.8) is 0 Å². The number of methoxy groups -OCH3 is 1. The van der Waals surface area contributed by atoms with Gasteiger partial charge < -0.3 is 19.3 Å². The summed E-state index contributed by atoms with van der Waals surface area (Å²) in [5, 5.41) is 12.9. The standard InChI is InChI=1S/C22H21N3O4S/c1-29-16-6-2-5-15(13-16)20(26)18-19(17-7-3-12-30-17)25(22(28)21(18)27)10-4-9-24-11-8-23-14-24/h2-3,5-8,11-14,19,26H,4,9-10H2,1H3. The highest BCUT2D eigenvalue weighted by Gasteiger charge is 2.46. The summed E-state index contributed by atoms with van der Waals surface area (Å²) in [5.41, 5.74) is 0.547. The summed E-state index contributed by atoms with van der Waals surface area (Å²) in [6.45, 7) is 1.07. The van der Waals surface area contributed by atoms with E-state index in [4.69, 9.17) is 4.74 Å². The topological polar surface area (TPSA) is 84.7 Å². The number of ether oxygens (including phenoxy) is 1. The second-order valence-corrected chi connectivity index (χ2v) is 7.87. The predicted octanol–water partition coefficient (Wildman–Crippen LogP) is 3.47. The van der Waals surface area contributed by atoms with E-state index in [1.807, 2.05) is 28.3 Å². The number of imidazole rings is 1. The van der Waals surface area contributed by atoms with E-state index < -0.39 is 17.7 Å². The first kappa shape index (κ1) is 19.9. The molecule has 1 N–H and O–H groups in total. The molecule has 3 aromatic rings. The van der Waals surface area contributed by atoms with Crippen LogP contribution in [0.15, 0.2) is 66.1 Å². The van der Waals surface area contributed by atoms with Gasteiger partial charge in [0.1, 0.15) is 11.5 Å². The van der Waals surface area contributed by atoms with Gasteiger partial charge in [0.25, 0.3) is 11.7 Å². The van der Waals surface area contributed by atoms with Gasteiger partial charge in [-0.15, -0.1) is 11.3 Å². The van der Waals surface area contributed by atoms with Crippen LogP contribution in [-0.2, 0) is 16.1 Å². The molecule has 0 aliphatic carbocycles. The van der Waals surface area contributed by atoms with Gasteiger partial charge in [-0.3, -0.25) is 9.59 Å². The number of rotatable bonds is 7. The van der Waals surface area contributed by atoms with Gasteiger partial charge in [0.05, 0.1) is 25.1 Å². The molecule has 1 amide bonds. The van der Waals surface area contributed by atoms with Crippen LogP contribution in [0.5, 0.6) is 5.75 Å². The maximum absolute atomic E-state index is 12.9. The normalized spacial score (nSPS) is 18.2. The Hall–Kier alpha value is -3.39. The Bertz CT molecular complexity index is 1070. The molecule has 30 heavy (non-hydrogen) atoms. The summed E-state index contributed by atoms with van der Waals surface area (Å²) in [7, 11) is 1.53. The molecule has 1 aromatic carbocycles. The van der Waals surface area contributed by atoms with Gasteiger partial charge in [-0.05, 0) is 30.0 Å². The number of hydrogen-bond donors (Lipinski definition) is 1. The Balaban J connectivity index is 1.69. The molecule has 0 saturated carbocycles. The van der Waals surface area contributed by atoms with E-state index in [0.717, 1.165) is 4.88 Å². The molecule has 0 spiro atoms. The van der Waals surface area contributed by atoms with Crippen LogP contribution in [-0.4, -0.2) is 44.9 Å². The average molecular weight is 423 g/mol. The molecule has 2 aromatic heterocycles. The van der Waals surface area contributed by atoms with Crippen molar-refractivity contribution < 1.29 is 19.4 Å². The summed E-state index contributed by atoms with van der Waals surface area (Å²) in [6, 6.07) is 9.96. The van der Waals surface area contributed by atoms with E-state index in [1.165, 1.54) is 18.4 Å². The minimum absolute atomic E-state index is 0.110. The quantitative estimate of drug-likeness (QED) is 0.357. The summed E-state index contributed by atoms with van der Waals surface area (Å²) in [4.78, 5) is 32.2. The summed E-state index contributed by atoms with van der Waals surface area (Å²) < 4.78 is 7.15. The average Bonchev–Trinajstić information content (AvgIpc) is 3.52. The number of hydrogen-bond acceptors (Lipinski definition) is 6. The zero-order chi connectivity index (χ0) is 21.1. The predicted molar refractivity (Wildman–Crippen MR) is 113 cm³/mol. The molecular formula is C22H21N3O4S. The van der Waals surface area contributed by atoms with Crippen molar-refractivity contribution in [2.75, 3.05) is 13.7 Å². The van der Waals surface area contributed by atoms with Crippen LogP contribution in [0.4, 0.5) is 0 Å². The van der Waals surface area contributed by atoms with Crippen molar-refractivity contribution in [1.29, 1.82) is 0 Å². The highest BCUT2D eigenvalue weighted by molar-refractivity contribution is 7.10. The Morgan fingerprint density at radius 1 is 1.23 bits per heavy atom. The maximum atomic E-state index is 12.9. The number of amides is 1. The van der Waals surface area contributed by atoms with Crippen molar-refractivity contribution in [1.82, 2.24) is 14.5 Å². The molecule has 1 aliphatic rings. The Kier molecular flexibility index (Phi) is 5.67. The molecule has 1 atom stereocenters. The molecular weight excluding hydrogens is 402 g/mol. The third kappa shape index (κ3) is 3.73. The third-order valence-electron chi connectivity index (χ3n) is 5.07. The van der Waals surface area contributed by atoms with Crippen LogP contribution in [0.25, 0.3) is 5.76 Å². The number of benzene rings is 1. The van der Waals surface area contributed by atoms with Crippen molar-refractivity contribution in [2.45, 2.75) is 19.0 Å². The SMILES string of the molecule is COc1cccc(C(O)=C2C(=O)C(=O)N(CCCn3ccnc3)C2c2cccs2)c1. The van der Waals surface area contributed by atoms with Gasteiger partial charge in [-0.1, -0.05) is 18.2 Å². The van der Waals surface area contributed by atoms with Crippen molar-refractivity contribution >= 4 is 28.8 Å². The van der Waals surface area contributed by atoms with Gasteiger partial charge in [0.15, 0.2) is 0 Å². The molecule has 1 fully saturated rings.